The fraction of sp³-hybridized carbons (Fsp3) is 0.529. The van der Waals surface area contributed by atoms with Crippen LogP contribution in [0.3, 0.4) is 0 Å². The first kappa shape index (κ1) is 15.1. The third-order valence-corrected chi connectivity index (χ3v) is 5.09. The van der Waals surface area contributed by atoms with Crippen LogP contribution in [-0.4, -0.2) is 51.6 Å². The van der Waals surface area contributed by atoms with Crippen molar-refractivity contribution in [3.05, 3.63) is 36.0 Å². The Morgan fingerprint density at radius 3 is 2.67 bits per heavy atom. The minimum Gasteiger partial charge on any atom is -0.361 e. The molecule has 0 N–H and O–H groups in total. The number of aryl methyl sites for hydroxylation is 1. The van der Waals surface area contributed by atoms with E-state index in [-0.39, 0.29) is 5.91 Å². The average Bonchev–Trinajstić information content (AvgIpc) is 3.16. The molecule has 2 aliphatic heterocycles. The van der Waals surface area contributed by atoms with Crippen LogP contribution in [0.1, 0.15) is 35.5 Å². The van der Waals surface area contributed by atoms with E-state index in [1.165, 1.54) is 0 Å². The number of carbonyl (C=O) groups is 1. The number of amides is 1. The number of rotatable bonds is 2. The molecule has 0 spiro atoms. The molecule has 7 nitrogen and oxygen atoms in total. The van der Waals surface area contributed by atoms with E-state index >= 15 is 0 Å². The van der Waals surface area contributed by atoms with Gasteiger partial charge in [-0.2, -0.15) is 0 Å². The largest absolute Gasteiger partial charge is 0.361 e. The van der Waals surface area contributed by atoms with Crippen LogP contribution in [0.4, 0.5) is 5.95 Å². The lowest BCUT2D eigenvalue weighted by molar-refractivity contribution is 0.0748. The van der Waals surface area contributed by atoms with E-state index in [1.807, 2.05) is 11.0 Å². The topological polar surface area (TPSA) is 75.4 Å². The van der Waals surface area contributed by atoms with Crippen LogP contribution in [0.2, 0.25) is 0 Å². The number of carbonyl (C=O) groups excluding carboxylic acids is 1. The van der Waals surface area contributed by atoms with Crippen LogP contribution in [0, 0.1) is 12.8 Å². The summed E-state index contributed by atoms with van der Waals surface area (Å²) in [4.78, 5) is 25.6. The van der Waals surface area contributed by atoms with Gasteiger partial charge in [0.1, 0.15) is 5.76 Å². The minimum absolute atomic E-state index is 0.0330. The highest BCUT2D eigenvalue weighted by atomic mass is 16.5. The Kier molecular flexibility index (Phi) is 3.92. The minimum atomic E-state index is -0.0330. The van der Waals surface area contributed by atoms with Crippen molar-refractivity contribution in [1.29, 1.82) is 0 Å². The number of hydrogen-bond acceptors (Lipinski definition) is 6. The van der Waals surface area contributed by atoms with Gasteiger partial charge in [-0.25, -0.2) is 9.97 Å². The number of anilines is 1. The zero-order valence-corrected chi connectivity index (χ0v) is 13.8. The molecule has 2 atom stereocenters. The Morgan fingerprint density at radius 1 is 1.17 bits per heavy atom. The monoisotopic (exact) mass is 327 g/mol. The van der Waals surface area contributed by atoms with E-state index in [4.69, 9.17) is 4.52 Å². The van der Waals surface area contributed by atoms with Gasteiger partial charge in [0, 0.05) is 44.1 Å². The standard InChI is InChI=1S/C17H21N5O2/c1-12-11-14(20-24-12)16(23)21-8-3-13-4-10-22(15(13)5-9-21)17-18-6-2-7-19-17/h2,6-7,11,13,15H,3-5,8-10H2,1H3/t13-,15+/m0/s1. The lowest BCUT2D eigenvalue weighted by Gasteiger charge is -2.26. The molecule has 7 heteroatoms. The van der Waals surface area contributed by atoms with Gasteiger partial charge in [-0.15, -0.1) is 0 Å². The maximum atomic E-state index is 12.6. The van der Waals surface area contributed by atoms with Gasteiger partial charge in [0.2, 0.25) is 5.95 Å². The van der Waals surface area contributed by atoms with Crippen LogP contribution >= 0.6 is 0 Å². The number of aromatic nitrogens is 3. The van der Waals surface area contributed by atoms with E-state index in [9.17, 15) is 4.79 Å². The molecule has 2 aromatic heterocycles. The smallest absolute Gasteiger partial charge is 0.276 e. The maximum absolute atomic E-state index is 12.6. The Balaban J connectivity index is 1.48. The van der Waals surface area contributed by atoms with Crippen LogP contribution < -0.4 is 4.90 Å². The van der Waals surface area contributed by atoms with Crippen molar-refractivity contribution >= 4 is 11.9 Å². The summed E-state index contributed by atoms with van der Waals surface area (Å²) in [7, 11) is 0. The molecular formula is C17H21N5O2. The van der Waals surface area contributed by atoms with Crippen molar-refractivity contribution in [2.45, 2.75) is 32.2 Å². The van der Waals surface area contributed by atoms with Gasteiger partial charge in [0.05, 0.1) is 0 Å². The molecule has 4 heterocycles. The zero-order chi connectivity index (χ0) is 16.5. The number of nitrogens with zero attached hydrogens (tertiary/aromatic N) is 5. The summed E-state index contributed by atoms with van der Waals surface area (Å²) in [5.41, 5.74) is 0.405. The van der Waals surface area contributed by atoms with Gasteiger partial charge < -0.3 is 14.3 Å². The number of fused-ring (bicyclic) bond motifs is 1. The van der Waals surface area contributed by atoms with E-state index in [0.717, 1.165) is 44.8 Å². The van der Waals surface area contributed by atoms with Crippen molar-refractivity contribution in [2.24, 2.45) is 5.92 Å². The molecule has 1 amide bonds. The van der Waals surface area contributed by atoms with Gasteiger partial charge in [0.15, 0.2) is 5.69 Å². The molecule has 0 saturated carbocycles. The molecule has 0 radical (unpaired) electrons. The summed E-state index contributed by atoms with van der Waals surface area (Å²) >= 11 is 0. The summed E-state index contributed by atoms with van der Waals surface area (Å²) in [5, 5.41) is 3.86. The normalized spacial score (nSPS) is 23.9. The first-order valence-electron chi connectivity index (χ1n) is 8.48. The summed E-state index contributed by atoms with van der Waals surface area (Å²) < 4.78 is 5.03. The summed E-state index contributed by atoms with van der Waals surface area (Å²) in [6, 6.07) is 3.95. The van der Waals surface area contributed by atoms with Gasteiger partial charge in [-0.05, 0) is 38.2 Å². The molecule has 0 aromatic carbocycles. The van der Waals surface area contributed by atoms with E-state index in [2.05, 4.69) is 20.0 Å². The highest BCUT2D eigenvalue weighted by Crippen LogP contribution is 2.34. The third kappa shape index (κ3) is 2.74. The molecule has 4 rings (SSSR count). The Morgan fingerprint density at radius 2 is 1.92 bits per heavy atom. The van der Waals surface area contributed by atoms with Crippen molar-refractivity contribution in [3.63, 3.8) is 0 Å². The number of hydrogen-bond donors (Lipinski definition) is 0. The second kappa shape index (κ2) is 6.22. The summed E-state index contributed by atoms with van der Waals surface area (Å²) in [5.74, 6) is 2.02. The van der Waals surface area contributed by atoms with Crippen LogP contribution in [0.25, 0.3) is 0 Å². The molecule has 2 fully saturated rings. The van der Waals surface area contributed by atoms with Crippen molar-refractivity contribution in [2.75, 3.05) is 24.5 Å². The second-order valence-electron chi connectivity index (χ2n) is 6.55. The van der Waals surface area contributed by atoms with E-state index in [1.54, 1.807) is 25.4 Å². The fourth-order valence-electron chi connectivity index (χ4n) is 3.89. The predicted octanol–water partition coefficient (Wildman–Crippen LogP) is 1.90. The van der Waals surface area contributed by atoms with Crippen LogP contribution in [0.5, 0.6) is 0 Å². The van der Waals surface area contributed by atoms with E-state index < -0.39 is 0 Å². The van der Waals surface area contributed by atoms with Gasteiger partial charge in [0.25, 0.3) is 5.91 Å². The van der Waals surface area contributed by atoms with Gasteiger partial charge in [-0.1, -0.05) is 5.16 Å². The SMILES string of the molecule is Cc1cc(C(=O)N2CC[C@H]3CCN(c4ncccn4)[C@@H]3CC2)no1. The van der Waals surface area contributed by atoms with Crippen molar-refractivity contribution in [3.8, 4) is 0 Å². The molecule has 0 bridgehead atoms. The molecule has 2 aliphatic rings. The lowest BCUT2D eigenvalue weighted by atomic mass is 9.96. The Hall–Kier alpha value is -2.44. The highest BCUT2D eigenvalue weighted by molar-refractivity contribution is 5.92. The Bertz CT molecular complexity index is 717. The van der Waals surface area contributed by atoms with Gasteiger partial charge >= 0.3 is 0 Å². The highest BCUT2D eigenvalue weighted by Gasteiger charge is 2.38. The lowest BCUT2D eigenvalue weighted by Crippen LogP contribution is -2.36. The Labute approximate surface area is 140 Å². The number of likely N-dealkylation sites (tertiary alicyclic amines) is 1. The first-order chi connectivity index (χ1) is 11.7. The fourth-order valence-corrected chi connectivity index (χ4v) is 3.89. The quantitative estimate of drug-likeness (QED) is 0.838. The van der Waals surface area contributed by atoms with Crippen LogP contribution in [-0.2, 0) is 0 Å². The molecule has 2 saturated heterocycles. The van der Waals surface area contributed by atoms with Crippen molar-refractivity contribution in [1.82, 2.24) is 20.0 Å². The zero-order valence-electron chi connectivity index (χ0n) is 13.8. The first-order valence-corrected chi connectivity index (χ1v) is 8.48. The van der Waals surface area contributed by atoms with Crippen LogP contribution in [0.15, 0.2) is 29.0 Å². The molecular weight excluding hydrogens is 306 g/mol. The van der Waals surface area contributed by atoms with Crippen molar-refractivity contribution < 1.29 is 9.32 Å². The molecule has 0 unspecified atom stereocenters. The summed E-state index contributed by atoms with van der Waals surface area (Å²) in [6.07, 6.45) is 6.65. The predicted molar refractivity (Wildman–Crippen MR) is 87.7 cm³/mol. The van der Waals surface area contributed by atoms with E-state index in [0.29, 0.717) is 23.4 Å². The molecule has 2 aromatic rings. The molecule has 126 valence electrons. The average molecular weight is 327 g/mol. The molecule has 24 heavy (non-hydrogen) atoms. The summed E-state index contributed by atoms with van der Waals surface area (Å²) in [6.45, 7) is 4.30. The maximum Gasteiger partial charge on any atom is 0.276 e. The molecule has 0 aliphatic carbocycles. The van der Waals surface area contributed by atoms with Gasteiger partial charge in [-0.3, -0.25) is 4.79 Å². The third-order valence-electron chi connectivity index (χ3n) is 5.09. The second-order valence-corrected chi connectivity index (χ2v) is 6.55.